The van der Waals surface area contributed by atoms with E-state index in [4.69, 9.17) is 5.26 Å². The normalized spacial score (nSPS) is 10.8. The standard InChI is InChI=1S/C14H19N3O/c1-4-6-14(2,3)10-17-13(18)12-8-11(9-15)5-7-16-12/h5,7-8H,4,6,10H2,1-3H3,(H,17,18). The lowest BCUT2D eigenvalue weighted by molar-refractivity contribution is 0.0929. The Hall–Kier alpha value is -1.89. The van der Waals surface area contributed by atoms with Crippen LogP contribution in [0.15, 0.2) is 18.3 Å². The Bertz CT molecular complexity index is 460. The van der Waals surface area contributed by atoms with E-state index in [0.717, 1.165) is 12.8 Å². The van der Waals surface area contributed by atoms with Gasteiger partial charge in [0.2, 0.25) is 0 Å². The second kappa shape index (κ2) is 6.15. The Morgan fingerprint density at radius 3 is 2.89 bits per heavy atom. The molecule has 0 aliphatic heterocycles. The number of pyridine rings is 1. The van der Waals surface area contributed by atoms with Gasteiger partial charge in [-0.1, -0.05) is 27.2 Å². The van der Waals surface area contributed by atoms with Crippen molar-refractivity contribution in [3.05, 3.63) is 29.6 Å². The smallest absolute Gasteiger partial charge is 0.269 e. The predicted molar refractivity (Wildman–Crippen MR) is 70.0 cm³/mol. The van der Waals surface area contributed by atoms with Crippen molar-refractivity contribution >= 4 is 5.91 Å². The molecule has 1 aromatic rings. The summed E-state index contributed by atoms with van der Waals surface area (Å²) >= 11 is 0. The summed E-state index contributed by atoms with van der Waals surface area (Å²) in [6.07, 6.45) is 3.62. The number of nitrogens with zero attached hydrogens (tertiary/aromatic N) is 2. The summed E-state index contributed by atoms with van der Waals surface area (Å²) in [6.45, 7) is 6.98. The molecule has 18 heavy (non-hydrogen) atoms. The largest absolute Gasteiger partial charge is 0.350 e. The highest BCUT2D eigenvalue weighted by atomic mass is 16.1. The molecule has 1 N–H and O–H groups in total. The second-order valence-electron chi connectivity index (χ2n) is 5.14. The third-order valence-corrected chi connectivity index (χ3v) is 2.78. The van der Waals surface area contributed by atoms with E-state index in [0.29, 0.717) is 17.8 Å². The molecule has 0 bridgehead atoms. The van der Waals surface area contributed by atoms with Crippen LogP contribution in [-0.2, 0) is 0 Å². The highest BCUT2D eigenvalue weighted by molar-refractivity contribution is 5.92. The molecule has 0 aliphatic carbocycles. The van der Waals surface area contributed by atoms with Crippen LogP contribution in [0.4, 0.5) is 0 Å². The van der Waals surface area contributed by atoms with Crippen LogP contribution >= 0.6 is 0 Å². The molecule has 0 aliphatic rings. The van der Waals surface area contributed by atoms with Crippen LogP contribution in [0.5, 0.6) is 0 Å². The molecule has 1 heterocycles. The number of nitrogens with one attached hydrogen (secondary N) is 1. The molecule has 4 nitrogen and oxygen atoms in total. The van der Waals surface area contributed by atoms with Gasteiger partial charge in [0.05, 0.1) is 11.6 Å². The van der Waals surface area contributed by atoms with E-state index in [1.165, 1.54) is 12.3 Å². The van der Waals surface area contributed by atoms with Gasteiger partial charge in [0.1, 0.15) is 5.69 Å². The van der Waals surface area contributed by atoms with Gasteiger partial charge in [-0.15, -0.1) is 0 Å². The highest BCUT2D eigenvalue weighted by Gasteiger charge is 2.18. The Balaban J connectivity index is 2.63. The van der Waals surface area contributed by atoms with Crippen LogP contribution in [-0.4, -0.2) is 17.4 Å². The van der Waals surface area contributed by atoms with Crippen molar-refractivity contribution in [3.63, 3.8) is 0 Å². The molecule has 0 radical (unpaired) electrons. The number of aromatic nitrogens is 1. The molecule has 0 saturated heterocycles. The van der Waals surface area contributed by atoms with Crippen LogP contribution in [0.3, 0.4) is 0 Å². The third kappa shape index (κ3) is 4.17. The van der Waals surface area contributed by atoms with Crippen molar-refractivity contribution in [1.82, 2.24) is 10.3 Å². The fraction of sp³-hybridized carbons (Fsp3) is 0.500. The van der Waals surface area contributed by atoms with Gasteiger partial charge in [-0.2, -0.15) is 5.26 Å². The monoisotopic (exact) mass is 245 g/mol. The Morgan fingerprint density at radius 2 is 2.28 bits per heavy atom. The van der Waals surface area contributed by atoms with Crippen molar-refractivity contribution in [2.24, 2.45) is 5.41 Å². The molecule has 0 atom stereocenters. The first-order valence-corrected chi connectivity index (χ1v) is 6.13. The summed E-state index contributed by atoms with van der Waals surface area (Å²) in [4.78, 5) is 15.9. The lowest BCUT2D eigenvalue weighted by Gasteiger charge is -2.24. The maximum absolute atomic E-state index is 11.9. The molecule has 0 aromatic carbocycles. The lowest BCUT2D eigenvalue weighted by Crippen LogP contribution is -2.34. The fourth-order valence-electron chi connectivity index (χ4n) is 1.80. The fourth-order valence-corrected chi connectivity index (χ4v) is 1.80. The van der Waals surface area contributed by atoms with E-state index < -0.39 is 0 Å². The molecule has 1 aromatic heterocycles. The molecular weight excluding hydrogens is 226 g/mol. The van der Waals surface area contributed by atoms with Crippen molar-refractivity contribution in [2.75, 3.05) is 6.54 Å². The zero-order chi connectivity index (χ0) is 13.6. The number of rotatable bonds is 5. The van der Waals surface area contributed by atoms with Crippen LogP contribution in [0, 0.1) is 16.7 Å². The van der Waals surface area contributed by atoms with Gasteiger partial charge in [0.15, 0.2) is 0 Å². The number of carbonyl (C=O) groups is 1. The van der Waals surface area contributed by atoms with Crippen LogP contribution in [0.25, 0.3) is 0 Å². The van der Waals surface area contributed by atoms with Gasteiger partial charge in [0.25, 0.3) is 5.91 Å². The number of carbonyl (C=O) groups excluding carboxylic acids is 1. The topological polar surface area (TPSA) is 65.8 Å². The third-order valence-electron chi connectivity index (χ3n) is 2.78. The van der Waals surface area contributed by atoms with Gasteiger partial charge in [-0.3, -0.25) is 9.78 Å². The van der Waals surface area contributed by atoms with E-state index >= 15 is 0 Å². The highest BCUT2D eigenvalue weighted by Crippen LogP contribution is 2.20. The number of nitriles is 1. The van der Waals surface area contributed by atoms with E-state index in [-0.39, 0.29) is 11.3 Å². The average molecular weight is 245 g/mol. The Morgan fingerprint density at radius 1 is 1.56 bits per heavy atom. The second-order valence-corrected chi connectivity index (χ2v) is 5.14. The summed E-state index contributed by atoms with van der Waals surface area (Å²) < 4.78 is 0. The maximum atomic E-state index is 11.9. The number of amides is 1. The summed E-state index contributed by atoms with van der Waals surface area (Å²) in [7, 11) is 0. The molecule has 4 heteroatoms. The number of hydrogen-bond donors (Lipinski definition) is 1. The number of hydrogen-bond acceptors (Lipinski definition) is 3. The lowest BCUT2D eigenvalue weighted by atomic mass is 9.88. The first-order chi connectivity index (χ1) is 8.48. The predicted octanol–water partition coefficient (Wildman–Crippen LogP) is 2.51. The molecule has 0 unspecified atom stereocenters. The van der Waals surface area contributed by atoms with E-state index in [2.05, 4.69) is 31.1 Å². The summed E-state index contributed by atoms with van der Waals surface area (Å²) in [5, 5.41) is 11.6. The quantitative estimate of drug-likeness (QED) is 0.866. The van der Waals surface area contributed by atoms with Crippen molar-refractivity contribution in [3.8, 4) is 6.07 Å². The van der Waals surface area contributed by atoms with Crippen LogP contribution < -0.4 is 5.32 Å². The maximum Gasteiger partial charge on any atom is 0.269 e. The van der Waals surface area contributed by atoms with Crippen molar-refractivity contribution in [2.45, 2.75) is 33.6 Å². The minimum atomic E-state index is -0.226. The molecule has 0 spiro atoms. The van der Waals surface area contributed by atoms with E-state index in [9.17, 15) is 4.79 Å². The SMILES string of the molecule is CCCC(C)(C)CNC(=O)c1cc(C#N)ccn1. The first kappa shape index (κ1) is 14.2. The Labute approximate surface area is 108 Å². The van der Waals surface area contributed by atoms with Gasteiger partial charge in [-0.25, -0.2) is 0 Å². The first-order valence-electron chi connectivity index (χ1n) is 6.13. The summed E-state index contributed by atoms with van der Waals surface area (Å²) in [5.41, 5.74) is 0.821. The van der Waals surface area contributed by atoms with Crippen molar-refractivity contribution < 1.29 is 4.79 Å². The van der Waals surface area contributed by atoms with Gasteiger partial charge >= 0.3 is 0 Å². The molecule has 1 amide bonds. The van der Waals surface area contributed by atoms with Gasteiger partial charge < -0.3 is 5.32 Å². The molecule has 0 saturated carbocycles. The Kier molecular flexibility index (Phi) is 4.85. The summed E-state index contributed by atoms with van der Waals surface area (Å²) in [6, 6.07) is 5.08. The van der Waals surface area contributed by atoms with Crippen molar-refractivity contribution in [1.29, 1.82) is 5.26 Å². The van der Waals surface area contributed by atoms with Crippen LogP contribution in [0.2, 0.25) is 0 Å². The minimum absolute atomic E-state index is 0.0806. The average Bonchev–Trinajstić information content (AvgIpc) is 2.36. The zero-order valence-corrected chi connectivity index (χ0v) is 11.2. The molecule has 1 rings (SSSR count). The minimum Gasteiger partial charge on any atom is -0.350 e. The summed E-state index contributed by atoms with van der Waals surface area (Å²) in [5.74, 6) is -0.226. The van der Waals surface area contributed by atoms with E-state index in [1.54, 1.807) is 6.07 Å². The van der Waals surface area contributed by atoms with Gasteiger partial charge in [0, 0.05) is 12.7 Å². The van der Waals surface area contributed by atoms with Crippen LogP contribution in [0.1, 0.15) is 49.7 Å². The molecule has 96 valence electrons. The zero-order valence-electron chi connectivity index (χ0n) is 11.2. The van der Waals surface area contributed by atoms with Gasteiger partial charge in [-0.05, 0) is 24.0 Å². The molecule has 0 fully saturated rings. The van der Waals surface area contributed by atoms with E-state index in [1.807, 2.05) is 6.07 Å². The molecular formula is C14H19N3O.